The monoisotopic (exact) mass is 303 g/mol. The molecule has 0 aromatic carbocycles. The second kappa shape index (κ2) is 13.1. The van der Waals surface area contributed by atoms with Gasteiger partial charge < -0.3 is 0 Å². The predicted octanol–water partition coefficient (Wildman–Crippen LogP) is 0.909. The first-order valence-corrected chi connectivity index (χ1v) is 4.55. The fourth-order valence-electron chi connectivity index (χ4n) is 0.685. The Morgan fingerprint density at radius 3 is 1.06 bits per heavy atom. The third kappa shape index (κ3) is 21.0. The summed E-state index contributed by atoms with van der Waals surface area (Å²) in [5.74, 6) is -0.602. The number of alkyl halides is 2. The van der Waals surface area contributed by atoms with Gasteiger partial charge >= 0.3 is 23.1 Å². The summed E-state index contributed by atoms with van der Waals surface area (Å²) in [4.78, 5) is 33.6. The molecule has 0 saturated carbocycles. The molecule has 0 aromatic heterocycles. The SMILES string of the molecule is CC(=[OH+])CC(=[OH+])CF.CC(=[OH+])CC(=[OH+])CF.[Cu]. The maximum atomic E-state index is 11.3. The first-order chi connectivity index (χ1) is 7.33. The van der Waals surface area contributed by atoms with E-state index in [-0.39, 0.29) is 53.0 Å². The molecule has 0 aliphatic heterocycles. The molecule has 17 heavy (non-hydrogen) atoms. The van der Waals surface area contributed by atoms with E-state index >= 15 is 0 Å². The number of rotatable bonds is 6. The maximum absolute atomic E-state index is 11.3. The van der Waals surface area contributed by atoms with Gasteiger partial charge in [0.05, 0.1) is 0 Å². The van der Waals surface area contributed by atoms with Crippen molar-refractivity contribution in [2.24, 2.45) is 0 Å². The Labute approximate surface area is 109 Å². The Morgan fingerprint density at radius 2 is 1.00 bits per heavy atom. The summed E-state index contributed by atoms with van der Waals surface area (Å²) in [5, 5.41) is 0. The zero-order chi connectivity index (χ0) is 13.1. The van der Waals surface area contributed by atoms with Crippen molar-refractivity contribution >= 4 is 23.1 Å². The molecular formula is C10H18CuF2O4+4. The van der Waals surface area contributed by atoms with Crippen LogP contribution in [-0.4, -0.2) is 55.7 Å². The summed E-state index contributed by atoms with van der Waals surface area (Å²) in [5.41, 5.74) is 0. The first-order valence-electron chi connectivity index (χ1n) is 4.55. The molecule has 103 valence electrons. The quantitative estimate of drug-likeness (QED) is 0.397. The zero-order valence-electron chi connectivity index (χ0n) is 9.67. The van der Waals surface area contributed by atoms with Crippen LogP contribution in [0.5, 0.6) is 0 Å². The van der Waals surface area contributed by atoms with E-state index in [9.17, 15) is 8.78 Å². The van der Waals surface area contributed by atoms with E-state index in [4.69, 9.17) is 19.2 Å². The molecule has 0 spiro atoms. The minimum Gasteiger partial charge on any atom is -0.283 e. The van der Waals surface area contributed by atoms with E-state index in [2.05, 4.69) is 0 Å². The van der Waals surface area contributed by atoms with Gasteiger partial charge in [-0.1, -0.05) is 0 Å². The van der Waals surface area contributed by atoms with Gasteiger partial charge in [-0.25, -0.2) is 8.78 Å². The second-order valence-corrected chi connectivity index (χ2v) is 3.22. The molecule has 0 unspecified atom stereocenters. The fraction of sp³-hybridized carbons (Fsp3) is 0.600. The summed E-state index contributed by atoms with van der Waals surface area (Å²) < 4.78 is 22.7. The van der Waals surface area contributed by atoms with Crippen LogP contribution in [-0.2, 0) is 17.1 Å². The fourth-order valence-corrected chi connectivity index (χ4v) is 0.685. The molecule has 0 rings (SSSR count). The van der Waals surface area contributed by atoms with Crippen LogP contribution in [0.3, 0.4) is 0 Å². The van der Waals surface area contributed by atoms with E-state index in [0.29, 0.717) is 0 Å². The zero-order valence-corrected chi connectivity index (χ0v) is 10.6. The summed E-state index contributed by atoms with van der Waals surface area (Å²) in [6.45, 7) is 1.06. The van der Waals surface area contributed by atoms with Gasteiger partial charge in [0.1, 0.15) is 0 Å². The number of carbonyl (C=O) groups excluding carboxylic acids is 4. The van der Waals surface area contributed by atoms with E-state index in [1.54, 1.807) is 0 Å². The molecular weight excluding hydrogens is 286 g/mol. The van der Waals surface area contributed by atoms with Crippen LogP contribution in [0.2, 0.25) is 0 Å². The summed E-state index contributed by atoms with van der Waals surface area (Å²) >= 11 is 0. The normalized spacial score (nSPS) is 8.24. The molecule has 7 heteroatoms. The van der Waals surface area contributed by atoms with Crippen LogP contribution < -0.4 is 0 Å². The van der Waals surface area contributed by atoms with Crippen molar-refractivity contribution in [3.8, 4) is 0 Å². The van der Waals surface area contributed by atoms with Gasteiger partial charge in [-0.05, 0) is 0 Å². The largest absolute Gasteiger partial charge is 0.336 e. The van der Waals surface area contributed by atoms with Crippen LogP contribution in [0.1, 0.15) is 26.7 Å². The number of hydrogen-bond donors (Lipinski definition) is 0. The Morgan fingerprint density at radius 1 is 0.765 bits per heavy atom. The van der Waals surface area contributed by atoms with Crippen LogP contribution in [0.4, 0.5) is 8.78 Å². The summed E-state index contributed by atoms with van der Waals surface area (Å²) in [6.07, 6.45) is -0.0903. The first kappa shape index (κ1) is 21.4. The molecule has 0 saturated heterocycles. The standard InChI is InChI=1S/2C5H7FO2.Cu/c2*1-4(7)2-5(8)3-6;/h2*2-3H2,1H3;/p+4. The molecule has 0 atom stereocenters. The Kier molecular flexibility index (Phi) is 16.5. The van der Waals surface area contributed by atoms with Gasteiger partial charge in [0.15, 0.2) is 26.2 Å². The topological polar surface area (TPSA) is 85.6 Å². The van der Waals surface area contributed by atoms with Gasteiger partial charge in [-0.2, -0.15) is 0 Å². The van der Waals surface area contributed by atoms with Crippen molar-refractivity contribution in [2.45, 2.75) is 26.7 Å². The molecule has 0 amide bonds. The van der Waals surface area contributed by atoms with Crippen LogP contribution >= 0.6 is 0 Å². The van der Waals surface area contributed by atoms with Gasteiger partial charge in [0, 0.05) is 30.9 Å². The minimum atomic E-state index is -0.877. The van der Waals surface area contributed by atoms with Crippen molar-refractivity contribution in [1.29, 1.82) is 0 Å². The van der Waals surface area contributed by atoms with Gasteiger partial charge in [-0.3, -0.25) is 19.2 Å². The molecule has 0 aliphatic rings. The predicted molar refractivity (Wildman–Crippen MR) is 60.3 cm³/mol. The van der Waals surface area contributed by atoms with Gasteiger partial charge in [0.2, 0.25) is 0 Å². The average Bonchev–Trinajstić information content (AvgIpc) is 2.16. The summed E-state index contributed by atoms with van der Waals surface area (Å²) in [7, 11) is 0. The van der Waals surface area contributed by atoms with Gasteiger partial charge in [0.25, 0.3) is 0 Å². The second-order valence-electron chi connectivity index (χ2n) is 3.22. The minimum absolute atomic E-state index is 0. The molecule has 4 N–H and O–H groups in total. The van der Waals surface area contributed by atoms with E-state index < -0.39 is 13.3 Å². The van der Waals surface area contributed by atoms with Crippen molar-refractivity contribution < 1.29 is 45.0 Å². The smallest absolute Gasteiger partial charge is 0.283 e. The Hall–Kier alpha value is -0.941. The molecule has 0 fully saturated rings. The van der Waals surface area contributed by atoms with E-state index in [1.807, 2.05) is 0 Å². The van der Waals surface area contributed by atoms with Crippen LogP contribution in [0, 0.1) is 0 Å². The molecule has 0 aliphatic carbocycles. The average molecular weight is 304 g/mol. The van der Waals surface area contributed by atoms with Crippen molar-refractivity contribution in [1.82, 2.24) is 0 Å². The molecule has 0 aromatic rings. The molecule has 4 nitrogen and oxygen atoms in total. The van der Waals surface area contributed by atoms with E-state index in [0.717, 1.165) is 0 Å². The van der Waals surface area contributed by atoms with Gasteiger partial charge in [-0.15, -0.1) is 0 Å². The molecule has 1 radical (unpaired) electrons. The van der Waals surface area contributed by atoms with Crippen LogP contribution in [0.25, 0.3) is 0 Å². The van der Waals surface area contributed by atoms with E-state index in [1.165, 1.54) is 13.8 Å². The summed E-state index contributed by atoms with van der Waals surface area (Å²) in [6, 6.07) is 0. The molecule has 0 bridgehead atoms. The number of ketones is 4. The van der Waals surface area contributed by atoms with Crippen LogP contribution in [0.15, 0.2) is 0 Å². The third-order valence-electron chi connectivity index (χ3n) is 1.23. The third-order valence-corrected chi connectivity index (χ3v) is 1.23. The Balaban J connectivity index is -0.000000218. The van der Waals surface area contributed by atoms with Crippen molar-refractivity contribution in [2.75, 3.05) is 13.3 Å². The van der Waals surface area contributed by atoms with Crippen molar-refractivity contribution in [3.05, 3.63) is 0 Å². The van der Waals surface area contributed by atoms with Crippen molar-refractivity contribution in [3.63, 3.8) is 0 Å². The molecule has 0 heterocycles. The number of halogens is 2. The maximum Gasteiger partial charge on any atom is 0.336 e. The Bertz CT molecular complexity index is 251. The number of hydrogen-bond acceptors (Lipinski definition) is 0.